The first kappa shape index (κ1) is 18.9. The Morgan fingerprint density at radius 3 is 2.22 bits per heavy atom. The van der Waals surface area contributed by atoms with Crippen molar-refractivity contribution in [3.8, 4) is 0 Å². The standard InChI is InChI=1S/C19H27NO3/c1-6-23-19(22)18(14(4)5)20-17(21)12-9-15-7-10-16(11-8-15)13(2)3/h7-14,18H,6H2,1-5H3,(H,20,21)/b12-9+/t18-/m1/s1. The van der Waals surface area contributed by atoms with Crippen molar-refractivity contribution in [2.75, 3.05) is 6.61 Å². The normalized spacial score (nSPS) is 12.7. The van der Waals surface area contributed by atoms with E-state index in [9.17, 15) is 9.59 Å². The van der Waals surface area contributed by atoms with Crippen LogP contribution in [0.2, 0.25) is 0 Å². The Kier molecular flexibility index (Phi) is 7.52. The second-order valence-electron chi connectivity index (χ2n) is 6.14. The molecule has 126 valence electrons. The van der Waals surface area contributed by atoms with Crippen molar-refractivity contribution in [2.24, 2.45) is 5.92 Å². The van der Waals surface area contributed by atoms with Gasteiger partial charge in [-0.25, -0.2) is 4.79 Å². The average molecular weight is 317 g/mol. The molecule has 0 bridgehead atoms. The number of rotatable bonds is 7. The molecule has 0 heterocycles. The number of nitrogens with one attached hydrogen (secondary N) is 1. The predicted molar refractivity (Wildman–Crippen MR) is 93.0 cm³/mol. The van der Waals surface area contributed by atoms with Crippen molar-refractivity contribution in [3.63, 3.8) is 0 Å². The van der Waals surface area contributed by atoms with E-state index >= 15 is 0 Å². The van der Waals surface area contributed by atoms with Gasteiger partial charge in [0.1, 0.15) is 6.04 Å². The minimum Gasteiger partial charge on any atom is -0.464 e. The molecule has 0 aliphatic carbocycles. The summed E-state index contributed by atoms with van der Waals surface area (Å²) in [4.78, 5) is 23.8. The van der Waals surface area contributed by atoms with Crippen LogP contribution in [0, 0.1) is 5.92 Å². The second kappa shape index (κ2) is 9.13. The minimum atomic E-state index is -0.629. The van der Waals surface area contributed by atoms with Crippen molar-refractivity contribution in [3.05, 3.63) is 41.5 Å². The first-order chi connectivity index (χ1) is 10.8. The van der Waals surface area contributed by atoms with E-state index in [0.717, 1.165) is 5.56 Å². The van der Waals surface area contributed by atoms with Gasteiger partial charge in [-0.1, -0.05) is 52.0 Å². The van der Waals surface area contributed by atoms with E-state index < -0.39 is 12.0 Å². The monoisotopic (exact) mass is 317 g/mol. The van der Waals surface area contributed by atoms with Crippen LogP contribution in [0.4, 0.5) is 0 Å². The lowest BCUT2D eigenvalue weighted by atomic mass is 10.0. The fraction of sp³-hybridized carbons (Fsp3) is 0.474. The first-order valence-corrected chi connectivity index (χ1v) is 8.10. The molecule has 0 aliphatic heterocycles. The van der Waals surface area contributed by atoms with Gasteiger partial charge in [-0.15, -0.1) is 0 Å². The van der Waals surface area contributed by atoms with E-state index in [1.54, 1.807) is 13.0 Å². The maximum absolute atomic E-state index is 12.0. The number of carbonyl (C=O) groups excluding carboxylic acids is 2. The van der Waals surface area contributed by atoms with Gasteiger partial charge in [0.2, 0.25) is 5.91 Å². The Labute approximate surface area is 138 Å². The van der Waals surface area contributed by atoms with Crippen LogP contribution >= 0.6 is 0 Å². The minimum absolute atomic E-state index is 0.0308. The SMILES string of the molecule is CCOC(=O)[C@H](NC(=O)/C=C/c1ccc(C(C)C)cc1)C(C)C. The Morgan fingerprint density at radius 2 is 1.74 bits per heavy atom. The van der Waals surface area contributed by atoms with Gasteiger partial charge in [0, 0.05) is 6.08 Å². The molecule has 0 saturated heterocycles. The lowest BCUT2D eigenvalue weighted by molar-refractivity contribution is -0.148. The molecule has 1 amide bonds. The van der Waals surface area contributed by atoms with Crippen LogP contribution < -0.4 is 5.32 Å². The van der Waals surface area contributed by atoms with Gasteiger partial charge in [0.25, 0.3) is 0 Å². The second-order valence-corrected chi connectivity index (χ2v) is 6.14. The molecule has 1 N–H and O–H groups in total. The van der Waals surface area contributed by atoms with E-state index in [0.29, 0.717) is 12.5 Å². The molecular formula is C19H27NO3. The molecule has 1 atom stereocenters. The summed E-state index contributed by atoms with van der Waals surface area (Å²) >= 11 is 0. The van der Waals surface area contributed by atoms with Crippen molar-refractivity contribution < 1.29 is 14.3 Å². The summed E-state index contributed by atoms with van der Waals surface area (Å²) in [7, 11) is 0. The third-order valence-corrected chi connectivity index (χ3v) is 3.54. The number of ether oxygens (including phenoxy) is 1. The quantitative estimate of drug-likeness (QED) is 0.618. The van der Waals surface area contributed by atoms with Crippen LogP contribution in [0.3, 0.4) is 0 Å². The van der Waals surface area contributed by atoms with Crippen molar-refractivity contribution in [1.29, 1.82) is 0 Å². The van der Waals surface area contributed by atoms with E-state index in [1.165, 1.54) is 11.6 Å². The molecule has 0 spiro atoms. The fourth-order valence-corrected chi connectivity index (χ4v) is 2.10. The van der Waals surface area contributed by atoms with Gasteiger partial charge >= 0.3 is 5.97 Å². The fourth-order valence-electron chi connectivity index (χ4n) is 2.10. The molecule has 0 aromatic heterocycles. The lowest BCUT2D eigenvalue weighted by Crippen LogP contribution is -2.44. The molecule has 1 aromatic carbocycles. The summed E-state index contributed by atoms with van der Waals surface area (Å²) in [5.41, 5.74) is 2.20. The number of carbonyl (C=O) groups is 2. The summed E-state index contributed by atoms with van der Waals surface area (Å²) in [6.45, 7) is 10.1. The predicted octanol–water partition coefficient (Wildman–Crippen LogP) is 3.53. The highest BCUT2D eigenvalue weighted by Crippen LogP contribution is 2.15. The largest absolute Gasteiger partial charge is 0.464 e. The van der Waals surface area contributed by atoms with Crippen LogP contribution in [0.25, 0.3) is 6.08 Å². The van der Waals surface area contributed by atoms with Crippen molar-refractivity contribution in [2.45, 2.75) is 46.6 Å². The lowest BCUT2D eigenvalue weighted by Gasteiger charge is -2.19. The van der Waals surface area contributed by atoms with E-state index in [1.807, 2.05) is 26.0 Å². The molecule has 23 heavy (non-hydrogen) atoms. The topological polar surface area (TPSA) is 55.4 Å². The highest BCUT2D eigenvalue weighted by atomic mass is 16.5. The third kappa shape index (κ3) is 6.27. The van der Waals surface area contributed by atoms with E-state index in [-0.39, 0.29) is 11.8 Å². The molecule has 1 rings (SSSR count). The van der Waals surface area contributed by atoms with Crippen molar-refractivity contribution in [1.82, 2.24) is 5.32 Å². The number of hydrogen-bond acceptors (Lipinski definition) is 3. The molecule has 0 aliphatic rings. The van der Waals surface area contributed by atoms with Crippen LogP contribution in [0.15, 0.2) is 30.3 Å². The van der Waals surface area contributed by atoms with E-state index in [4.69, 9.17) is 4.74 Å². The molecule has 4 nitrogen and oxygen atoms in total. The van der Waals surface area contributed by atoms with Crippen LogP contribution in [0.1, 0.15) is 51.7 Å². The Morgan fingerprint density at radius 1 is 1.13 bits per heavy atom. The van der Waals surface area contributed by atoms with Gasteiger partial charge < -0.3 is 10.1 Å². The van der Waals surface area contributed by atoms with Gasteiger partial charge in [0.05, 0.1) is 6.61 Å². The Hall–Kier alpha value is -2.10. The molecule has 0 radical (unpaired) electrons. The number of amides is 1. The molecule has 4 heteroatoms. The number of esters is 1. The molecule has 0 fully saturated rings. The number of hydrogen-bond donors (Lipinski definition) is 1. The molecular weight excluding hydrogens is 290 g/mol. The summed E-state index contributed by atoms with van der Waals surface area (Å²) in [6, 6.07) is 7.43. The van der Waals surface area contributed by atoms with Crippen molar-refractivity contribution >= 4 is 18.0 Å². The smallest absolute Gasteiger partial charge is 0.328 e. The molecule has 0 saturated carbocycles. The van der Waals surface area contributed by atoms with Gasteiger partial charge in [-0.3, -0.25) is 4.79 Å². The summed E-state index contributed by atoms with van der Waals surface area (Å²) in [5.74, 6) is -0.250. The van der Waals surface area contributed by atoms with Crippen LogP contribution in [-0.4, -0.2) is 24.5 Å². The Balaban J connectivity index is 2.68. The average Bonchev–Trinajstić information content (AvgIpc) is 2.50. The zero-order valence-corrected chi connectivity index (χ0v) is 14.6. The first-order valence-electron chi connectivity index (χ1n) is 8.10. The summed E-state index contributed by atoms with van der Waals surface area (Å²) in [6.07, 6.45) is 3.18. The maximum atomic E-state index is 12.0. The molecule has 0 unspecified atom stereocenters. The third-order valence-electron chi connectivity index (χ3n) is 3.54. The molecule has 1 aromatic rings. The van der Waals surface area contributed by atoms with Crippen LogP contribution in [0.5, 0.6) is 0 Å². The van der Waals surface area contributed by atoms with Crippen LogP contribution in [-0.2, 0) is 14.3 Å². The van der Waals surface area contributed by atoms with Gasteiger partial charge in [-0.2, -0.15) is 0 Å². The summed E-state index contributed by atoms with van der Waals surface area (Å²) < 4.78 is 4.99. The highest BCUT2D eigenvalue weighted by Gasteiger charge is 2.24. The van der Waals surface area contributed by atoms with E-state index in [2.05, 4.69) is 31.3 Å². The van der Waals surface area contributed by atoms with Gasteiger partial charge in [-0.05, 0) is 36.0 Å². The number of benzene rings is 1. The summed E-state index contributed by atoms with van der Waals surface area (Å²) in [5, 5.41) is 2.70. The maximum Gasteiger partial charge on any atom is 0.328 e. The van der Waals surface area contributed by atoms with Gasteiger partial charge in [0.15, 0.2) is 0 Å². The Bertz CT molecular complexity index is 544. The zero-order valence-electron chi connectivity index (χ0n) is 14.6. The highest BCUT2D eigenvalue weighted by molar-refractivity contribution is 5.94. The zero-order chi connectivity index (χ0) is 17.4.